The number of hydrogen-bond donors (Lipinski definition) is 1. The molecule has 1 amide bonds. The van der Waals surface area contributed by atoms with Crippen molar-refractivity contribution in [2.45, 2.75) is 103 Å². The van der Waals surface area contributed by atoms with Gasteiger partial charge in [0.15, 0.2) is 23.2 Å². The second-order valence-electron chi connectivity index (χ2n) is 15.2. The van der Waals surface area contributed by atoms with E-state index in [0.717, 1.165) is 86.7 Å². The van der Waals surface area contributed by atoms with Gasteiger partial charge in [-0.05, 0) is 78.4 Å². The van der Waals surface area contributed by atoms with Gasteiger partial charge in [0.25, 0.3) is 0 Å². The first kappa shape index (κ1) is 32.8. The number of fused-ring (bicyclic) bond motifs is 2. The van der Waals surface area contributed by atoms with Crippen molar-refractivity contribution in [3.05, 3.63) is 30.4 Å². The zero-order chi connectivity index (χ0) is 34.6. The van der Waals surface area contributed by atoms with E-state index in [1.807, 2.05) is 44.6 Å². The molecule has 0 bridgehead atoms. The summed E-state index contributed by atoms with van der Waals surface area (Å²) < 4.78 is 24.9. The first-order valence-corrected chi connectivity index (χ1v) is 17.9. The fourth-order valence-corrected chi connectivity index (χ4v) is 7.93. The second kappa shape index (κ2) is 12.7. The van der Waals surface area contributed by atoms with Crippen LogP contribution in [-0.4, -0.2) is 91.6 Å². The van der Waals surface area contributed by atoms with Crippen molar-refractivity contribution in [1.29, 1.82) is 0 Å². The monoisotopic (exact) mass is 686 g/mol. The molecular formula is C35H46N10O5. The third-order valence-electron chi connectivity index (χ3n) is 10.6. The molecule has 4 aliphatic heterocycles. The Balaban J connectivity index is 1.09. The molecule has 0 aliphatic carbocycles. The van der Waals surface area contributed by atoms with Gasteiger partial charge in [-0.15, -0.1) is 5.10 Å². The number of carbonyl (C=O) groups excluding carboxylic acids is 1. The quantitative estimate of drug-likeness (QED) is 0.280. The van der Waals surface area contributed by atoms with Gasteiger partial charge in [-0.1, -0.05) is 12.1 Å². The predicted molar refractivity (Wildman–Crippen MR) is 184 cm³/mol. The Hall–Kier alpha value is -4.37. The van der Waals surface area contributed by atoms with Crippen molar-refractivity contribution in [3.8, 4) is 11.5 Å². The van der Waals surface area contributed by atoms with E-state index >= 15 is 0 Å². The largest absolute Gasteiger partial charge is 0.444 e. The van der Waals surface area contributed by atoms with E-state index in [1.54, 1.807) is 0 Å². The number of amides is 1. The Kier molecular flexibility index (Phi) is 8.37. The number of aromatic nitrogens is 7. The van der Waals surface area contributed by atoms with Gasteiger partial charge in [0.05, 0.1) is 36.3 Å². The van der Waals surface area contributed by atoms with Crippen LogP contribution in [0.25, 0.3) is 22.7 Å². The minimum absolute atomic E-state index is 0.0999. The van der Waals surface area contributed by atoms with E-state index in [0.29, 0.717) is 30.4 Å². The topological polar surface area (TPSA) is 159 Å². The molecule has 0 aromatic carbocycles. The molecule has 1 N–H and O–H groups in total. The molecule has 8 heterocycles. The van der Waals surface area contributed by atoms with Crippen LogP contribution in [-0.2, 0) is 14.2 Å². The highest BCUT2D eigenvalue weighted by Gasteiger charge is 2.50. The zero-order valence-corrected chi connectivity index (χ0v) is 29.5. The van der Waals surface area contributed by atoms with Crippen molar-refractivity contribution < 1.29 is 23.5 Å². The first-order valence-electron chi connectivity index (χ1n) is 17.9. The van der Waals surface area contributed by atoms with Gasteiger partial charge in [0.1, 0.15) is 17.1 Å². The summed E-state index contributed by atoms with van der Waals surface area (Å²) in [6.07, 6.45) is 8.01. The molecule has 1 spiro atoms. The minimum atomic E-state index is -0.567. The summed E-state index contributed by atoms with van der Waals surface area (Å²) in [6.45, 7) is 13.4. The van der Waals surface area contributed by atoms with Crippen LogP contribution < -0.4 is 15.1 Å². The Bertz CT molecular complexity index is 1840. The van der Waals surface area contributed by atoms with Crippen molar-refractivity contribution in [3.63, 3.8) is 0 Å². The van der Waals surface area contributed by atoms with E-state index in [-0.39, 0.29) is 29.7 Å². The van der Waals surface area contributed by atoms with Gasteiger partial charge in [0.2, 0.25) is 12.2 Å². The van der Waals surface area contributed by atoms with E-state index in [9.17, 15) is 4.79 Å². The van der Waals surface area contributed by atoms with Gasteiger partial charge in [-0.25, -0.2) is 24.4 Å². The fraction of sp³-hybridized carbons (Fsp3) is 0.629. The number of hydrogen-bond acceptors (Lipinski definition) is 13. The molecule has 0 radical (unpaired) electrons. The molecule has 15 heteroatoms. The number of carbonyl (C=O) groups is 1. The van der Waals surface area contributed by atoms with Crippen LogP contribution >= 0.6 is 0 Å². The van der Waals surface area contributed by atoms with Gasteiger partial charge in [-0.3, -0.25) is 0 Å². The van der Waals surface area contributed by atoms with E-state index in [1.165, 1.54) is 6.39 Å². The molecule has 0 saturated carbocycles. The molecular weight excluding hydrogens is 640 g/mol. The van der Waals surface area contributed by atoms with Crippen LogP contribution in [0.15, 0.2) is 29.2 Å². The highest BCUT2D eigenvalue weighted by atomic mass is 16.6. The summed E-state index contributed by atoms with van der Waals surface area (Å²) >= 11 is 0. The maximum atomic E-state index is 12.8. The van der Waals surface area contributed by atoms with E-state index < -0.39 is 11.7 Å². The third kappa shape index (κ3) is 6.03. The molecule has 3 fully saturated rings. The smallest absolute Gasteiger partial charge is 0.407 e. The van der Waals surface area contributed by atoms with Crippen molar-refractivity contribution >= 4 is 34.6 Å². The lowest BCUT2D eigenvalue weighted by Gasteiger charge is -2.42. The van der Waals surface area contributed by atoms with Crippen LogP contribution in [0.1, 0.15) is 91.0 Å². The van der Waals surface area contributed by atoms with Gasteiger partial charge < -0.3 is 33.9 Å². The molecule has 4 atom stereocenters. The predicted octanol–water partition coefficient (Wildman–Crippen LogP) is 5.51. The molecule has 15 nitrogen and oxygen atoms in total. The summed E-state index contributed by atoms with van der Waals surface area (Å²) in [7, 11) is 0. The van der Waals surface area contributed by atoms with Gasteiger partial charge in [-0.2, -0.15) is 4.98 Å². The standard InChI is InChI=1S/C35H46N10O5/c1-21-11-14-44(24-10-9-23(38-27(21)24)30-37-20-49-42-30)32-28-31(45(41-32)26-8-6-7-17-47-26)39-25(18-36-28)43-15-12-35(13-16-43)19-48-22(2)29(35)40-33(46)50-34(3,4)5/h9-10,18,20-22,26,29H,6-8,11-17,19H2,1-5H3,(H,40,46)/t21-,22+,26?,29-/m1/s1. The fourth-order valence-electron chi connectivity index (χ4n) is 7.93. The Labute approximate surface area is 291 Å². The molecule has 4 aliphatic rings. The Morgan fingerprint density at radius 3 is 2.62 bits per heavy atom. The summed E-state index contributed by atoms with van der Waals surface area (Å²) in [5.74, 6) is 2.27. The normalized spacial score (nSPS) is 25.2. The summed E-state index contributed by atoms with van der Waals surface area (Å²) in [6, 6.07) is 3.86. The summed E-state index contributed by atoms with van der Waals surface area (Å²) in [4.78, 5) is 36.7. The number of ether oxygens (including phenoxy) is 3. The number of rotatable bonds is 5. The van der Waals surface area contributed by atoms with Crippen LogP contribution in [0.5, 0.6) is 0 Å². The maximum Gasteiger partial charge on any atom is 0.407 e. The SMILES string of the molecule is C[C@@H]1CCN(c2nn(C3CCCCO3)c3nc(N4CCC5(CC4)CO[C@@H](C)[C@H]5NC(=O)OC(C)(C)C)cnc23)c2ccc(-c3ncon3)nc21. The van der Waals surface area contributed by atoms with Crippen LogP contribution in [0.3, 0.4) is 0 Å². The number of alkyl carbamates (subject to hydrolysis) is 1. The second-order valence-corrected chi connectivity index (χ2v) is 15.2. The average Bonchev–Trinajstić information content (AvgIpc) is 3.85. The summed E-state index contributed by atoms with van der Waals surface area (Å²) in [5.41, 5.74) is 3.33. The number of nitrogens with one attached hydrogen (secondary N) is 1. The number of piperidine rings is 1. The average molecular weight is 687 g/mol. The lowest BCUT2D eigenvalue weighted by Crippen LogP contribution is -2.55. The molecule has 50 heavy (non-hydrogen) atoms. The van der Waals surface area contributed by atoms with Gasteiger partial charge >= 0.3 is 6.09 Å². The minimum Gasteiger partial charge on any atom is -0.444 e. The van der Waals surface area contributed by atoms with Crippen molar-refractivity contribution in [1.82, 2.24) is 40.2 Å². The molecule has 4 aromatic heterocycles. The summed E-state index contributed by atoms with van der Waals surface area (Å²) in [5, 5.41) is 12.3. The van der Waals surface area contributed by atoms with Crippen LogP contribution in [0.2, 0.25) is 0 Å². The Morgan fingerprint density at radius 2 is 1.88 bits per heavy atom. The van der Waals surface area contributed by atoms with Crippen LogP contribution in [0, 0.1) is 5.41 Å². The molecule has 1 unspecified atom stereocenters. The van der Waals surface area contributed by atoms with Gasteiger partial charge in [0, 0.05) is 37.6 Å². The molecule has 4 aromatic rings. The number of nitrogens with zero attached hydrogens (tertiary/aromatic N) is 9. The third-order valence-corrected chi connectivity index (χ3v) is 10.6. The number of anilines is 3. The maximum absolute atomic E-state index is 12.8. The first-order chi connectivity index (χ1) is 24.1. The molecule has 8 rings (SSSR count). The van der Waals surface area contributed by atoms with Crippen LogP contribution in [0.4, 0.5) is 22.1 Å². The van der Waals surface area contributed by atoms with Crippen molar-refractivity contribution in [2.24, 2.45) is 5.41 Å². The molecule has 266 valence electrons. The zero-order valence-electron chi connectivity index (χ0n) is 29.5. The van der Waals surface area contributed by atoms with Crippen molar-refractivity contribution in [2.75, 3.05) is 42.6 Å². The Morgan fingerprint density at radius 1 is 1.04 bits per heavy atom. The highest BCUT2D eigenvalue weighted by Crippen LogP contribution is 2.44. The van der Waals surface area contributed by atoms with E-state index in [4.69, 9.17) is 38.8 Å². The number of pyridine rings is 1. The lowest BCUT2D eigenvalue weighted by molar-refractivity contribution is -0.0368. The lowest BCUT2D eigenvalue weighted by atomic mass is 9.73. The van der Waals surface area contributed by atoms with E-state index in [2.05, 4.69) is 38.2 Å². The molecule has 3 saturated heterocycles. The highest BCUT2D eigenvalue weighted by molar-refractivity contribution is 5.88.